The minimum absolute atomic E-state index is 0.581. The van der Waals surface area contributed by atoms with Crippen LogP contribution in [0.15, 0.2) is 18.2 Å². The minimum atomic E-state index is -0.937. The molecule has 1 unspecified atom stereocenters. The van der Waals surface area contributed by atoms with Crippen molar-refractivity contribution in [2.75, 3.05) is 0 Å². The van der Waals surface area contributed by atoms with Crippen LogP contribution in [0.1, 0.15) is 61.6 Å². The highest BCUT2D eigenvalue weighted by Crippen LogP contribution is 2.54. The van der Waals surface area contributed by atoms with Crippen LogP contribution in [-0.4, -0.2) is 5.11 Å². The third-order valence-corrected chi connectivity index (χ3v) is 5.43. The van der Waals surface area contributed by atoms with Gasteiger partial charge in [0.1, 0.15) is 5.60 Å². The van der Waals surface area contributed by atoms with Crippen LogP contribution in [0.25, 0.3) is 0 Å². The zero-order chi connectivity index (χ0) is 14.2. The van der Waals surface area contributed by atoms with E-state index in [1.54, 1.807) is 0 Å². The Morgan fingerprint density at radius 1 is 1.10 bits per heavy atom. The largest absolute Gasteiger partial charge is 0.383 e. The van der Waals surface area contributed by atoms with Crippen LogP contribution in [0, 0.1) is 23.7 Å². The summed E-state index contributed by atoms with van der Waals surface area (Å²) < 4.78 is 0. The molecule has 2 nitrogen and oxygen atoms in total. The van der Waals surface area contributed by atoms with E-state index in [-0.39, 0.29) is 0 Å². The van der Waals surface area contributed by atoms with Crippen LogP contribution < -0.4 is 0 Å². The summed E-state index contributed by atoms with van der Waals surface area (Å²) in [6.07, 6.45) is 7.81. The third-order valence-electron chi connectivity index (χ3n) is 5.43. The normalized spacial score (nSPS) is 28.4. The highest BCUT2D eigenvalue weighted by atomic mass is 16.3. The van der Waals surface area contributed by atoms with Gasteiger partial charge in [-0.25, -0.2) is 0 Å². The molecule has 1 aromatic rings. The molecule has 1 atom stereocenters. The Kier molecular flexibility index (Phi) is 3.34. The second-order valence-electron chi connectivity index (χ2n) is 6.63. The van der Waals surface area contributed by atoms with Gasteiger partial charge in [-0.3, -0.25) is 0 Å². The summed E-state index contributed by atoms with van der Waals surface area (Å²) >= 11 is 0. The predicted octanol–water partition coefficient (Wildman–Crippen LogP) is 3.99. The second kappa shape index (κ2) is 4.90. The average molecular weight is 269 g/mol. The van der Waals surface area contributed by atoms with E-state index < -0.39 is 11.0 Å². The molecule has 1 saturated carbocycles. The first kappa shape index (κ1) is 13.6. The van der Waals surface area contributed by atoms with Crippen molar-refractivity contribution in [3.05, 3.63) is 34.9 Å². The molecule has 106 valence electrons. The van der Waals surface area contributed by atoms with E-state index in [1.807, 2.05) is 0 Å². The molecule has 1 N–H and O–H groups in total. The van der Waals surface area contributed by atoms with E-state index in [1.165, 1.54) is 24.0 Å². The van der Waals surface area contributed by atoms with Crippen LogP contribution >= 0.6 is 0 Å². The number of aryl methyl sites for hydroxylation is 2. The van der Waals surface area contributed by atoms with Crippen molar-refractivity contribution >= 4 is 0 Å². The van der Waals surface area contributed by atoms with Crippen molar-refractivity contribution in [3.8, 4) is 6.07 Å². The molecule has 1 fully saturated rings. The van der Waals surface area contributed by atoms with Gasteiger partial charge in [-0.1, -0.05) is 49.4 Å². The van der Waals surface area contributed by atoms with Crippen LogP contribution in [0.4, 0.5) is 0 Å². The Balaban J connectivity index is 2.09. The number of aliphatic hydroxyl groups is 1. The molecular formula is C18H23NO. The van der Waals surface area contributed by atoms with Gasteiger partial charge in [-0.05, 0) is 43.7 Å². The van der Waals surface area contributed by atoms with E-state index in [9.17, 15) is 10.4 Å². The number of hydrogen-bond donors (Lipinski definition) is 1. The Hall–Kier alpha value is -1.33. The van der Waals surface area contributed by atoms with E-state index in [0.717, 1.165) is 37.7 Å². The molecule has 0 heterocycles. The number of nitriles is 1. The smallest absolute Gasteiger partial charge is 0.109 e. The molecule has 2 aliphatic carbocycles. The molecule has 1 aromatic carbocycles. The zero-order valence-electron chi connectivity index (χ0n) is 12.3. The molecule has 0 aromatic heterocycles. The fraction of sp³-hybridized carbons (Fsp3) is 0.611. The molecule has 0 amide bonds. The molecule has 0 spiro atoms. The van der Waals surface area contributed by atoms with E-state index in [4.69, 9.17) is 0 Å². The Morgan fingerprint density at radius 3 is 2.45 bits per heavy atom. The topological polar surface area (TPSA) is 44.0 Å². The molecule has 3 rings (SSSR count). The van der Waals surface area contributed by atoms with Gasteiger partial charge >= 0.3 is 0 Å². The van der Waals surface area contributed by atoms with Crippen molar-refractivity contribution in [3.63, 3.8) is 0 Å². The van der Waals surface area contributed by atoms with Crippen molar-refractivity contribution in [2.45, 2.75) is 63.9 Å². The van der Waals surface area contributed by atoms with Gasteiger partial charge in [-0.2, -0.15) is 5.26 Å². The summed E-state index contributed by atoms with van der Waals surface area (Å²) in [6.45, 7) is 2.06. The predicted molar refractivity (Wildman–Crippen MR) is 79.1 cm³/mol. The van der Waals surface area contributed by atoms with E-state index in [2.05, 4.69) is 31.2 Å². The Bertz CT molecular complexity index is 549. The van der Waals surface area contributed by atoms with Gasteiger partial charge in [0.05, 0.1) is 11.5 Å². The lowest BCUT2D eigenvalue weighted by atomic mass is 9.65. The van der Waals surface area contributed by atoms with Gasteiger partial charge in [0.15, 0.2) is 0 Å². The molecule has 2 aliphatic rings. The van der Waals surface area contributed by atoms with Gasteiger partial charge in [0, 0.05) is 0 Å². The molecule has 0 aliphatic heterocycles. The Labute approximate surface area is 121 Å². The highest BCUT2D eigenvalue weighted by molar-refractivity contribution is 5.43. The zero-order valence-corrected chi connectivity index (χ0v) is 12.3. The van der Waals surface area contributed by atoms with Crippen molar-refractivity contribution in [1.29, 1.82) is 5.26 Å². The lowest BCUT2D eigenvalue weighted by Crippen LogP contribution is -2.43. The number of rotatable bonds is 1. The quantitative estimate of drug-likeness (QED) is 0.783. The average Bonchev–Trinajstić information content (AvgIpc) is 2.67. The van der Waals surface area contributed by atoms with Gasteiger partial charge in [0.25, 0.3) is 0 Å². The van der Waals surface area contributed by atoms with Crippen molar-refractivity contribution < 1.29 is 5.11 Å². The summed E-state index contributed by atoms with van der Waals surface area (Å²) in [6, 6.07) is 8.89. The summed E-state index contributed by atoms with van der Waals surface area (Å²) in [5.74, 6) is 0. The fourth-order valence-corrected chi connectivity index (χ4v) is 4.19. The van der Waals surface area contributed by atoms with Crippen LogP contribution in [0.3, 0.4) is 0 Å². The summed E-state index contributed by atoms with van der Waals surface area (Å²) in [5.41, 5.74) is 1.92. The maximum Gasteiger partial charge on any atom is 0.109 e. The SMILES string of the molecule is Cc1ccc2c(c1)C(O)(C1(C#N)CCCCCC1)CC2. The van der Waals surface area contributed by atoms with Crippen LogP contribution in [0.5, 0.6) is 0 Å². The first-order chi connectivity index (χ1) is 9.61. The molecular weight excluding hydrogens is 246 g/mol. The number of nitrogens with zero attached hydrogens (tertiary/aromatic N) is 1. The maximum atomic E-state index is 11.4. The maximum absolute atomic E-state index is 11.4. The molecule has 0 saturated heterocycles. The monoisotopic (exact) mass is 269 g/mol. The standard InChI is InChI=1S/C18H23NO/c1-14-6-7-15-8-11-18(20,16(15)12-14)17(13-19)9-4-2-3-5-10-17/h6-7,12,20H,2-5,8-11H2,1H3. The van der Waals surface area contributed by atoms with Gasteiger partial charge < -0.3 is 5.11 Å². The first-order valence-corrected chi connectivity index (χ1v) is 7.85. The number of fused-ring (bicyclic) bond motifs is 1. The van der Waals surface area contributed by atoms with Gasteiger partial charge in [-0.15, -0.1) is 0 Å². The first-order valence-electron chi connectivity index (χ1n) is 7.85. The Morgan fingerprint density at radius 2 is 1.80 bits per heavy atom. The number of benzene rings is 1. The molecule has 0 bridgehead atoms. The second-order valence-corrected chi connectivity index (χ2v) is 6.63. The van der Waals surface area contributed by atoms with Crippen LogP contribution in [-0.2, 0) is 12.0 Å². The summed E-state index contributed by atoms with van der Waals surface area (Å²) in [7, 11) is 0. The number of hydrogen-bond acceptors (Lipinski definition) is 2. The summed E-state index contributed by atoms with van der Waals surface area (Å²) in [4.78, 5) is 0. The van der Waals surface area contributed by atoms with Gasteiger partial charge in [0.2, 0.25) is 0 Å². The minimum Gasteiger partial charge on any atom is -0.383 e. The molecule has 2 heteroatoms. The lowest BCUT2D eigenvalue weighted by molar-refractivity contribution is -0.0681. The lowest BCUT2D eigenvalue weighted by Gasteiger charge is -2.40. The summed E-state index contributed by atoms with van der Waals surface area (Å²) in [5, 5.41) is 21.3. The molecule has 20 heavy (non-hydrogen) atoms. The van der Waals surface area contributed by atoms with Crippen molar-refractivity contribution in [2.24, 2.45) is 5.41 Å². The molecule has 0 radical (unpaired) electrons. The van der Waals surface area contributed by atoms with Crippen molar-refractivity contribution in [1.82, 2.24) is 0 Å². The third kappa shape index (κ3) is 1.88. The van der Waals surface area contributed by atoms with Crippen LogP contribution in [0.2, 0.25) is 0 Å². The van der Waals surface area contributed by atoms with E-state index in [0.29, 0.717) is 6.42 Å². The fourth-order valence-electron chi connectivity index (χ4n) is 4.19. The van der Waals surface area contributed by atoms with E-state index >= 15 is 0 Å². The highest BCUT2D eigenvalue weighted by Gasteiger charge is 2.54.